The molecule has 1 N–H and O–H groups in total. The molecule has 0 aromatic carbocycles. The lowest BCUT2D eigenvalue weighted by atomic mass is 10.1. The van der Waals surface area contributed by atoms with Crippen LogP contribution in [0.15, 0.2) is 18.5 Å². The van der Waals surface area contributed by atoms with E-state index in [1.165, 1.54) is 12.3 Å². The van der Waals surface area contributed by atoms with Gasteiger partial charge in [0.15, 0.2) is 0 Å². The minimum Gasteiger partial charge on any atom is -0.381 e. The van der Waals surface area contributed by atoms with Crippen molar-refractivity contribution in [3.63, 3.8) is 0 Å². The number of nitrogens with one attached hydrogen (secondary N) is 1. The Bertz CT molecular complexity index is 372. The minimum atomic E-state index is -0.280. The number of nitrogens with zero attached hydrogens (tertiary/aromatic N) is 1. The van der Waals surface area contributed by atoms with Gasteiger partial charge >= 0.3 is 0 Å². The molecular weight excluding hydrogens is 219 g/mol. The van der Waals surface area contributed by atoms with Crippen molar-refractivity contribution in [2.24, 2.45) is 0 Å². The molecule has 1 aromatic rings. The summed E-state index contributed by atoms with van der Waals surface area (Å²) < 4.78 is 18.4. The van der Waals surface area contributed by atoms with Crippen LogP contribution in [0.1, 0.15) is 37.8 Å². The topological polar surface area (TPSA) is 34.1 Å². The molecule has 0 amide bonds. The lowest BCUT2D eigenvalue weighted by Gasteiger charge is -2.19. The van der Waals surface area contributed by atoms with Crippen LogP contribution < -0.4 is 5.32 Å². The summed E-state index contributed by atoms with van der Waals surface area (Å²) in [7, 11) is 1.76. The first-order valence-electron chi connectivity index (χ1n) is 6.08. The van der Waals surface area contributed by atoms with Crippen LogP contribution in [0.2, 0.25) is 0 Å². The quantitative estimate of drug-likeness (QED) is 0.874. The van der Waals surface area contributed by atoms with Crippen LogP contribution in [0.25, 0.3) is 0 Å². The lowest BCUT2D eigenvalue weighted by Crippen LogP contribution is -2.30. The second kappa shape index (κ2) is 5.56. The highest BCUT2D eigenvalue weighted by atomic mass is 19.1. The molecule has 1 saturated carbocycles. The number of pyridine rings is 1. The molecule has 3 nitrogen and oxygen atoms in total. The molecule has 17 heavy (non-hydrogen) atoms. The summed E-state index contributed by atoms with van der Waals surface area (Å²) in [5.41, 5.74) is 0.894. The minimum absolute atomic E-state index is 0.124. The number of rotatable bonds is 4. The fourth-order valence-corrected chi connectivity index (χ4v) is 2.42. The van der Waals surface area contributed by atoms with Crippen LogP contribution in [-0.2, 0) is 4.74 Å². The van der Waals surface area contributed by atoms with Crippen LogP contribution >= 0.6 is 0 Å². The van der Waals surface area contributed by atoms with E-state index in [1.54, 1.807) is 13.3 Å². The zero-order valence-corrected chi connectivity index (χ0v) is 10.3. The third-order valence-corrected chi connectivity index (χ3v) is 3.43. The van der Waals surface area contributed by atoms with E-state index < -0.39 is 0 Å². The Balaban J connectivity index is 1.91. The van der Waals surface area contributed by atoms with Crippen molar-refractivity contribution < 1.29 is 9.13 Å². The Labute approximate surface area is 101 Å². The maximum absolute atomic E-state index is 13.0. The van der Waals surface area contributed by atoms with Crippen molar-refractivity contribution in [3.05, 3.63) is 29.8 Å². The Morgan fingerprint density at radius 3 is 2.94 bits per heavy atom. The van der Waals surface area contributed by atoms with E-state index in [-0.39, 0.29) is 11.9 Å². The average Bonchev–Trinajstić information content (AvgIpc) is 2.77. The highest BCUT2D eigenvalue weighted by molar-refractivity contribution is 5.14. The zero-order valence-electron chi connectivity index (χ0n) is 10.3. The fraction of sp³-hybridized carbons (Fsp3) is 0.615. The van der Waals surface area contributed by atoms with E-state index in [0.29, 0.717) is 12.1 Å². The molecular formula is C13H19FN2O. The molecule has 1 aromatic heterocycles. The normalized spacial score (nSPS) is 26.1. The van der Waals surface area contributed by atoms with Crippen LogP contribution in [0.4, 0.5) is 4.39 Å². The molecule has 2 rings (SSSR count). The maximum Gasteiger partial charge on any atom is 0.141 e. The number of halogens is 1. The van der Waals surface area contributed by atoms with Gasteiger partial charge in [-0.05, 0) is 37.8 Å². The van der Waals surface area contributed by atoms with Crippen molar-refractivity contribution in [2.45, 2.75) is 44.4 Å². The van der Waals surface area contributed by atoms with E-state index in [4.69, 9.17) is 4.74 Å². The number of methoxy groups -OCH3 is 1. The van der Waals surface area contributed by atoms with Gasteiger partial charge in [-0.2, -0.15) is 0 Å². The molecule has 94 valence electrons. The van der Waals surface area contributed by atoms with Gasteiger partial charge in [-0.25, -0.2) is 4.39 Å². The first-order chi connectivity index (χ1) is 8.19. The summed E-state index contributed by atoms with van der Waals surface area (Å²) in [6.07, 6.45) is 6.55. The monoisotopic (exact) mass is 238 g/mol. The summed E-state index contributed by atoms with van der Waals surface area (Å²) in [4.78, 5) is 3.87. The first kappa shape index (κ1) is 12.5. The number of hydrogen-bond donors (Lipinski definition) is 1. The highest BCUT2D eigenvalue weighted by Gasteiger charge is 2.25. The van der Waals surface area contributed by atoms with E-state index in [1.807, 2.05) is 6.92 Å². The Morgan fingerprint density at radius 2 is 2.29 bits per heavy atom. The van der Waals surface area contributed by atoms with E-state index in [9.17, 15) is 4.39 Å². The van der Waals surface area contributed by atoms with Gasteiger partial charge in [0.2, 0.25) is 0 Å². The van der Waals surface area contributed by atoms with E-state index in [0.717, 1.165) is 24.8 Å². The van der Waals surface area contributed by atoms with E-state index >= 15 is 0 Å². The number of ether oxygens (including phenoxy) is 1. The molecule has 0 saturated heterocycles. The standard InChI is InChI=1S/C13H19FN2O/c1-9(10-5-11(14)8-15-7-10)16-12-3-4-13(6-12)17-2/h5,7-9,12-13,16H,3-4,6H2,1-2H3. The fourth-order valence-electron chi connectivity index (χ4n) is 2.42. The molecule has 3 atom stereocenters. The van der Waals surface area contributed by atoms with Crippen LogP contribution in [-0.4, -0.2) is 24.2 Å². The van der Waals surface area contributed by atoms with Crippen LogP contribution in [0.5, 0.6) is 0 Å². The van der Waals surface area contributed by atoms with E-state index in [2.05, 4.69) is 10.3 Å². The molecule has 1 aliphatic rings. The lowest BCUT2D eigenvalue weighted by molar-refractivity contribution is 0.106. The van der Waals surface area contributed by atoms with Gasteiger partial charge in [-0.15, -0.1) is 0 Å². The molecule has 1 fully saturated rings. The van der Waals surface area contributed by atoms with Crippen molar-refractivity contribution in [1.29, 1.82) is 0 Å². The van der Waals surface area contributed by atoms with Gasteiger partial charge in [0.25, 0.3) is 0 Å². The largest absolute Gasteiger partial charge is 0.381 e. The molecule has 1 heterocycles. The third kappa shape index (κ3) is 3.23. The Kier molecular flexibility index (Phi) is 4.07. The average molecular weight is 238 g/mol. The van der Waals surface area contributed by atoms with Gasteiger partial charge in [0.1, 0.15) is 5.82 Å². The second-order valence-corrected chi connectivity index (χ2v) is 4.69. The molecule has 0 bridgehead atoms. The summed E-state index contributed by atoms with van der Waals surface area (Å²) in [6, 6.07) is 2.12. The second-order valence-electron chi connectivity index (χ2n) is 4.69. The van der Waals surface area contributed by atoms with Gasteiger partial charge in [-0.3, -0.25) is 4.98 Å². The van der Waals surface area contributed by atoms with Gasteiger partial charge < -0.3 is 10.1 Å². The Hall–Kier alpha value is -1.00. The van der Waals surface area contributed by atoms with Crippen LogP contribution in [0, 0.1) is 5.82 Å². The number of aromatic nitrogens is 1. The molecule has 4 heteroatoms. The molecule has 0 spiro atoms. The van der Waals surface area contributed by atoms with Crippen LogP contribution in [0.3, 0.4) is 0 Å². The Morgan fingerprint density at radius 1 is 1.47 bits per heavy atom. The summed E-state index contributed by atoms with van der Waals surface area (Å²) >= 11 is 0. The predicted molar refractivity (Wildman–Crippen MR) is 64.2 cm³/mol. The molecule has 3 unspecified atom stereocenters. The first-order valence-corrected chi connectivity index (χ1v) is 6.08. The van der Waals surface area contributed by atoms with Crippen molar-refractivity contribution in [2.75, 3.05) is 7.11 Å². The highest BCUT2D eigenvalue weighted by Crippen LogP contribution is 2.24. The van der Waals surface area contributed by atoms with Crippen molar-refractivity contribution in [3.8, 4) is 0 Å². The summed E-state index contributed by atoms with van der Waals surface area (Å²) in [5, 5.41) is 3.50. The molecule has 1 aliphatic carbocycles. The van der Waals surface area contributed by atoms with Gasteiger partial charge in [0, 0.05) is 25.4 Å². The van der Waals surface area contributed by atoms with Crippen molar-refractivity contribution in [1.82, 2.24) is 10.3 Å². The number of hydrogen-bond acceptors (Lipinski definition) is 3. The maximum atomic E-state index is 13.0. The van der Waals surface area contributed by atoms with Crippen molar-refractivity contribution >= 4 is 0 Å². The smallest absolute Gasteiger partial charge is 0.141 e. The molecule has 0 radical (unpaired) electrons. The SMILES string of the molecule is COC1CCC(NC(C)c2cncc(F)c2)C1. The van der Waals surface area contributed by atoms with Gasteiger partial charge in [0.05, 0.1) is 12.3 Å². The molecule has 0 aliphatic heterocycles. The summed E-state index contributed by atoms with van der Waals surface area (Å²) in [5.74, 6) is -0.280. The predicted octanol–water partition coefficient (Wildman–Crippen LogP) is 2.44. The van der Waals surface area contributed by atoms with Gasteiger partial charge in [-0.1, -0.05) is 0 Å². The summed E-state index contributed by atoms with van der Waals surface area (Å²) in [6.45, 7) is 2.04. The zero-order chi connectivity index (χ0) is 12.3. The third-order valence-electron chi connectivity index (χ3n) is 3.43.